The third-order valence-corrected chi connectivity index (χ3v) is 6.18. The fraction of sp³-hybridized carbons (Fsp3) is 0.222. The summed E-state index contributed by atoms with van der Waals surface area (Å²) in [6.45, 7) is 4.57. The Balaban J connectivity index is 1.63. The van der Waals surface area contributed by atoms with E-state index in [4.69, 9.17) is 4.74 Å². The molecule has 0 unspecified atom stereocenters. The molecule has 0 amide bonds. The Morgan fingerprint density at radius 3 is 2.38 bits per heavy atom. The minimum absolute atomic E-state index is 0.0375. The second-order valence-electron chi connectivity index (χ2n) is 8.41. The zero-order valence-electron chi connectivity index (χ0n) is 16.9. The molecular formula is C27H24O2. The SMILES string of the molecule is CC(C)=CCOc1cccc2c1C(=O)C=CC21Cc2cccc3cccc(c23)C1. The number of allylic oxidation sites excluding steroid dienone is 3. The lowest BCUT2D eigenvalue weighted by atomic mass is 9.63. The van der Waals surface area contributed by atoms with Gasteiger partial charge >= 0.3 is 0 Å². The van der Waals surface area contributed by atoms with Crippen LogP contribution in [0.3, 0.4) is 0 Å². The second kappa shape index (κ2) is 6.73. The van der Waals surface area contributed by atoms with Crippen molar-refractivity contribution >= 4 is 16.6 Å². The fourth-order valence-corrected chi connectivity index (χ4v) is 4.87. The molecule has 0 fully saturated rings. The molecule has 1 spiro atoms. The summed E-state index contributed by atoms with van der Waals surface area (Å²) in [5, 5.41) is 2.67. The van der Waals surface area contributed by atoms with Crippen LogP contribution in [0.2, 0.25) is 0 Å². The summed E-state index contributed by atoms with van der Waals surface area (Å²) in [5.74, 6) is 0.723. The average molecular weight is 380 g/mol. The number of ether oxygens (including phenoxy) is 1. The molecule has 3 aromatic carbocycles. The number of benzene rings is 3. The Kier molecular flexibility index (Phi) is 4.16. The predicted octanol–water partition coefficient (Wildman–Crippen LogP) is 5.97. The first-order chi connectivity index (χ1) is 14.1. The first-order valence-corrected chi connectivity index (χ1v) is 10.2. The van der Waals surface area contributed by atoms with Gasteiger partial charge in [0.1, 0.15) is 12.4 Å². The van der Waals surface area contributed by atoms with Crippen LogP contribution in [0.5, 0.6) is 5.75 Å². The molecular weight excluding hydrogens is 356 g/mol. The summed E-state index contributed by atoms with van der Waals surface area (Å²) in [6.07, 6.45) is 7.72. The molecule has 0 saturated heterocycles. The van der Waals surface area contributed by atoms with Crippen LogP contribution in [0.15, 0.2) is 78.4 Å². The van der Waals surface area contributed by atoms with Gasteiger partial charge in [0, 0.05) is 5.41 Å². The maximum Gasteiger partial charge on any atom is 0.189 e. The van der Waals surface area contributed by atoms with Gasteiger partial charge in [-0.15, -0.1) is 0 Å². The van der Waals surface area contributed by atoms with E-state index < -0.39 is 0 Å². The number of ketones is 1. The normalized spacial score (nSPS) is 16.0. The monoisotopic (exact) mass is 380 g/mol. The standard InChI is InChI=1S/C27H24O2/c1-18(2)13-15-29-24-11-5-10-22-26(24)23(28)12-14-27(22)16-20-8-3-6-19-7-4-9-21(17-27)25(19)20/h3-14H,15-17H2,1-2H3. The molecule has 0 saturated carbocycles. The van der Waals surface area contributed by atoms with Crippen molar-refractivity contribution in [3.8, 4) is 5.75 Å². The van der Waals surface area contributed by atoms with Gasteiger partial charge in [0.2, 0.25) is 0 Å². The Labute approximate surface area is 171 Å². The highest BCUT2D eigenvalue weighted by Crippen LogP contribution is 2.46. The maximum atomic E-state index is 12.9. The van der Waals surface area contributed by atoms with Gasteiger partial charge in [-0.1, -0.05) is 60.2 Å². The largest absolute Gasteiger partial charge is 0.489 e. The molecule has 0 aromatic heterocycles. The van der Waals surface area contributed by atoms with Gasteiger partial charge < -0.3 is 4.74 Å². The molecule has 5 rings (SSSR count). The highest BCUT2D eigenvalue weighted by molar-refractivity contribution is 6.09. The van der Waals surface area contributed by atoms with E-state index in [0.29, 0.717) is 12.4 Å². The Bertz CT molecular complexity index is 1150. The average Bonchev–Trinajstić information content (AvgIpc) is 2.71. The zero-order chi connectivity index (χ0) is 20.0. The highest BCUT2D eigenvalue weighted by atomic mass is 16.5. The van der Waals surface area contributed by atoms with E-state index >= 15 is 0 Å². The van der Waals surface area contributed by atoms with E-state index in [1.807, 2.05) is 32.1 Å². The van der Waals surface area contributed by atoms with Crippen LogP contribution in [0.1, 0.15) is 40.9 Å². The van der Waals surface area contributed by atoms with Gasteiger partial charge in [0.15, 0.2) is 5.78 Å². The molecule has 0 atom stereocenters. The highest BCUT2D eigenvalue weighted by Gasteiger charge is 2.40. The Hall–Kier alpha value is -3.13. The number of fused-ring (bicyclic) bond motifs is 2. The van der Waals surface area contributed by atoms with Crippen molar-refractivity contribution in [2.75, 3.05) is 6.61 Å². The van der Waals surface area contributed by atoms with E-state index in [1.54, 1.807) is 6.08 Å². The maximum absolute atomic E-state index is 12.9. The lowest BCUT2D eigenvalue weighted by molar-refractivity contribution is 0.103. The van der Waals surface area contributed by atoms with E-state index in [9.17, 15) is 4.79 Å². The van der Waals surface area contributed by atoms with Gasteiger partial charge in [0.05, 0.1) is 5.56 Å². The summed E-state index contributed by atoms with van der Waals surface area (Å²) in [7, 11) is 0. The number of hydrogen-bond donors (Lipinski definition) is 0. The topological polar surface area (TPSA) is 26.3 Å². The van der Waals surface area contributed by atoms with Gasteiger partial charge in [-0.2, -0.15) is 0 Å². The Morgan fingerprint density at radius 2 is 1.69 bits per heavy atom. The number of carbonyl (C=O) groups is 1. The van der Waals surface area contributed by atoms with Gasteiger partial charge in [-0.05, 0) is 72.4 Å². The first-order valence-electron chi connectivity index (χ1n) is 10.2. The fourth-order valence-electron chi connectivity index (χ4n) is 4.87. The van der Waals surface area contributed by atoms with Crippen molar-refractivity contribution in [1.82, 2.24) is 0 Å². The molecule has 2 aliphatic carbocycles. The summed E-state index contributed by atoms with van der Waals surface area (Å²) < 4.78 is 6.02. The third kappa shape index (κ3) is 2.91. The van der Waals surface area contributed by atoms with Crippen LogP contribution in [0.4, 0.5) is 0 Å². The van der Waals surface area contributed by atoms with Crippen molar-refractivity contribution < 1.29 is 9.53 Å². The van der Waals surface area contributed by atoms with Crippen molar-refractivity contribution in [2.45, 2.75) is 32.1 Å². The van der Waals surface area contributed by atoms with Crippen LogP contribution < -0.4 is 4.74 Å². The van der Waals surface area contributed by atoms with E-state index in [0.717, 1.165) is 24.0 Å². The van der Waals surface area contributed by atoms with E-state index in [2.05, 4.69) is 48.5 Å². The van der Waals surface area contributed by atoms with Crippen molar-refractivity contribution in [2.24, 2.45) is 0 Å². The molecule has 0 bridgehead atoms. The van der Waals surface area contributed by atoms with Crippen LogP contribution in [0.25, 0.3) is 10.8 Å². The van der Waals surface area contributed by atoms with E-state index in [1.165, 1.54) is 27.5 Å². The minimum Gasteiger partial charge on any atom is -0.489 e. The smallest absolute Gasteiger partial charge is 0.189 e. The molecule has 0 aliphatic heterocycles. The molecule has 2 heteroatoms. The molecule has 144 valence electrons. The number of rotatable bonds is 3. The van der Waals surface area contributed by atoms with Crippen molar-refractivity contribution in [1.29, 1.82) is 0 Å². The van der Waals surface area contributed by atoms with Crippen LogP contribution in [-0.2, 0) is 18.3 Å². The second-order valence-corrected chi connectivity index (χ2v) is 8.41. The molecule has 3 aromatic rings. The summed E-state index contributed by atoms with van der Waals surface area (Å²) >= 11 is 0. The number of carbonyl (C=O) groups excluding carboxylic acids is 1. The van der Waals surface area contributed by atoms with Crippen molar-refractivity contribution in [3.63, 3.8) is 0 Å². The van der Waals surface area contributed by atoms with Gasteiger partial charge in [-0.3, -0.25) is 4.79 Å². The van der Waals surface area contributed by atoms with Crippen LogP contribution in [0, 0.1) is 0 Å². The lowest BCUT2D eigenvalue weighted by Gasteiger charge is -2.39. The molecule has 2 nitrogen and oxygen atoms in total. The first kappa shape index (κ1) is 17.9. The lowest BCUT2D eigenvalue weighted by Crippen LogP contribution is -2.36. The molecule has 0 radical (unpaired) electrons. The van der Waals surface area contributed by atoms with Crippen LogP contribution >= 0.6 is 0 Å². The zero-order valence-corrected chi connectivity index (χ0v) is 16.9. The molecule has 0 heterocycles. The van der Waals surface area contributed by atoms with Gasteiger partial charge in [-0.25, -0.2) is 0 Å². The van der Waals surface area contributed by atoms with Gasteiger partial charge in [0.25, 0.3) is 0 Å². The number of hydrogen-bond acceptors (Lipinski definition) is 2. The summed E-state index contributed by atoms with van der Waals surface area (Å²) in [4.78, 5) is 12.9. The van der Waals surface area contributed by atoms with Crippen LogP contribution in [-0.4, -0.2) is 12.4 Å². The quantitative estimate of drug-likeness (QED) is 0.523. The molecule has 29 heavy (non-hydrogen) atoms. The molecule has 2 aliphatic rings. The van der Waals surface area contributed by atoms with E-state index in [-0.39, 0.29) is 11.2 Å². The minimum atomic E-state index is -0.207. The summed E-state index contributed by atoms with van der Waals surface area (Å²) in [6, 6.07) is 19.1. The summed E-state index contributed by atoms with van der Waals surface area (Å²) in [5.41, 5.74) is 5.52. The third-order valence-electron chi connectivity index (χ3n) is 6.18. The Morgan fingerprint density at radius 1 is 1.00 bits per heavy atom. The van der Waals surface area contributed by atoms with Crippen molar-refractivity contribution in [3.05, 3.63) is 101 Å². The predicted molar refractivity (Wildman–Crippen MR) is 118 cm³/mol. The molecule has 0 N–H and O–H groups in total.